The lowest BCUT2D eigenvalue weighted by Crippen LogP contribution is -2.47. The molecule has 4 heteroatoms. The van der Waals surface area contributed by atoms with Gasteiger partial charge in [0.05, 0.1) is 0 Å². The van der Waals surface area contributed by atoms with Crippen molar-refractivity contribution < 1.29 is 4.52 Å². The molecule has 2 aliphatic carbocycles. The lowest BCUT2D eigenvalue weighted by molar-refractivity contribution is 0.0866. The van der Waals surface area contributed by atoms with E-state index in [1.165, 1.54) is 32.2 Å². The second kappa shape index (κ2) is 3.29. The molecule has 2 heterocycles. The van der Waals surface area contributed by atoms with Crippen LogP contribution < -0.4 is 5.32 Å². The standard InChI is InChI=1S/C12H17N3O/c1-2-7(1)12-14-11(15-16-12)9-5-8-3-4-13-6-10(8)9/h7-10,13H,1-6H2/t8-,9-,10-/m0/s1. The minimum absolute atomic E-state index is 0.564. The van der Waals surface area contributed by atoms with Gasteiger partial charge in [-0.3, -0.25) is 0 Å². The maximum atomic E-state index is 5.34. The van der Waals surface area contributed by atoms with Crippen LogP contribution in [0.25, 0.3) is 0 Å². The summed E-state index contributed by atoms with van der Waals surface area (Å²) < 4.78 is 5.34. The van der Waals surface area contributed by atoms with Crippen LogP contribution in [0.15, 0.2) is 4.52 Å². The van der Waals surface area contributed by atoms with Crippen molar-refractivity contribution in [1.29, 1.82) is 0 Å². The second-order valence-corrected chi connectivity index (χ2v) is 5.52. The average molecular weight is 219 g/mol. The quantitative estimate of drug-likeness (QED) is 0.822. The van der Waals surface area contributed by atoms with E-state index >= 15 is 0 Å². The number of aromatic nitrogens is 2. The summed E-state index contributed by atoms with van der Waals surface area (Å²) in [7, 11) is 0. The summed E-state index contributed by atoms with van der Waals surface area (Å²) in [6, 6.07) is 0. The van der Waals surface area contributed by atoms with Gasteiger partial charge in [-0.2, -0.15) is 4.98 Å². The number of fused-ring (bicyclic) bond motifs is 1. The lowest BCUT2D eigenvalue weighted by atomic mass is 9.62. The van der Waals surface area contributed by atoms with E-state index in [0.29, 0.717) is 11.8 Å². The summed E-state index contributed by atoms with van der Waals surface area (Å²) in [5.74, 6) is 4.69. The van der Waals surface area contributed by atoms with E-state index in [2.05, 4.69) is 15.5 Å². The molecular formula is C12H17N3O. The molecule has 3 atom stereocenters. The molecule has 0 radical (unpaired) electrons. The third-order valence-corrected chi connectivity index (χ3v) is 4.47. The highest BCUT2D eigenvalue weighted by atomic mass is 16.5. The first kappa shape index (κ1) is 9.16. The van der Waals surface area contributed by atoms with Gasteiger partial charge >= 0.3 is 0 Å². The minimum atomic E-state index is 0.564. The summed E-state index contributed by atoms with van der Waals surface area (Å²) in [6.07, 6.45) is 5.07. The van der Waals surface area contributed by atoms with Crippen LogP contribution in [0.3, 0.4) is 0 Å². The summed E-state index contributed by atoms with van der Waals surface area (Å²) >= 11 is 0. The number of hydrogen-bond acceptors (Lipinski definition) is 4. The Morgan fingerprint density at radius 1 is 1.25 bits per heavy atom. The molecule has 0 unspecified atom stereocenters. The molecule has 16 heavy (non-hydrogen) atoms. The molecule has 1 aliphatic heterocycles. The Bertz CT molecular complexity index is 399. The highest BCUT2D eigenvalue weighted by Crippen LogP contribution is 2.49. The van der Waals surface area contributed by atoms with Gasteiger partial charge in [-0.25, -0.2) is 0 Å². The van der Waals surface area contributed by atoms with Crippen molar-refractivity contribution in [3.8, 4) is 0 Å². The molecule has 4 nitrogen and oxygen atoms in total. The van der Waals surface area contributed by atoms with Gasteiger partial charge in [0.25, 0.3) is 0 Å². The molecule has 0 aromatic carbocycles. The Morgan fingerprint density at radius 3 is 3.00 bits per heavy atom. The Labute approximate surface area is 94.8 Å². The van der Waals surface area contributed by atoms with Gasteiger partial charge in [0, 0.05) is 11.8 Å². The Hall–Kier alpha value is -0.900. The molecule has 1 saturated heterocycles. The zero-order chi connectivity index (χ0) is 10.5. The van der Waals surface area contributed by atoms with Crippen molar-refractivity contribution in [1.82, 2.24) is 15.5 Å². The van der Waals surface area contributed by atoms with Crippen LogP contribution in [-0.4, -0.2) is 23.2 Å². The minimum Gasteiger partial charge on any atom is -0.339 e. The first-order valence-electron chi connectivity index (χ1n) is 6.46. The molecule has 0 spiro atoms. The normalized spacial score (nSPS) is 37.9. The number of nitrogens with zero attached hydrogens (tertiary/aromatic N) is 2. The van der Waals surface area contributed by atoms with Crippen LogP contribution in [0, 0.1) is 11.8 Å². The van der Waals surface area contributed by atoms with Gasteiger partial charge in [-0.05, 0) is 50.6 Å². The van der Waals surface area contributed by atoms with E-state index in [1.54, 1.807) is 0 Å². The van der Waals surface area contributed by atoms with Gasteiger partial charge in [0.15, 0.2) is 5.82 Å². The van der Waals surface area contributed by atoms with Crippen molar-refractivity contribution in [2.75, 3.05) is 13.1 Å². The Kier molecular flexibility index (Phi) is 1.89. The van der Waals surface area contributed by atoms with Crippen molar-refractivity contribution in [2.24, 2.45) is 11.8 Å². The fourth-order valence-electron chi connectivity index (χ4n) is 3.20. The molecule has 0 amide bonds. The summed E-state index contributed by atoms with van der Waals surface area (Å²) in [6.45, 7) is 2.33. The van der Waals surface area contributed by atoms with Crippen molar-refractivity contribution in [3.63, 3.8) is 0 Å². The highest BCUT2D eigenvalue weighted by Gasteiger charge is 2.45. The zero-order valence-corrected chi connectivity index (χ0v) is 9.35. The van der Waals surface area contributed by atoms with E-state index in [4.69, 9.17) is 4.52 Å². The monoisotopic (exact) mass is 219 g/mol. The largest absolute Gasteiger partial charge is 0.339 e. The number of piperidine rings is 1. The smallest absolute Gasteiger partial charge is 0.229 e. The molecule has 0 bridgehead atoms. The molecule has 3 fully saturated rings. The molecule has 3 aliphatic rings. The first-order valence-corrected chi connectivity index (χ1v) is 6.46. The van der Waals surface area contributed by atoms with Crippen LogP contribution in [-0.2, 0) is 0 Å². The molecule has 4 rings (SSSR count). The summed E-state index contributed by atoms with van der Waals surface area (Å²) in [5, 5.41) is 7.65. The predicted octanol–water partition coefficient (Wildman–Crippen LogP) is 1.66. The third kappa shape index (κ3) is 1.32. The Balaban J connectivity index is 1.52. The van der Waals surface area contributed by atoms with E-state index in [1.807, 2.05) is 0 Å². The van der Waals surface area contributed by atoms with Crippen molar-refractivity contribution in [2.45, 2.75) is 37.5 Å². The molecule has 2 saturated carbocycles. The average Bonchev–Trinajstić information content (AvgIpc) is 3.01. The van der Waals surface area contributed by atoms with Gasteiger partial charge in [-0.1, -0.05) is 5.16 Å². The maximum absolute atomic E-state index is 5.34. The number of hydrogen-bond donors (Lipinski definition) is 1. The molecule has 1 aromatic rings. The third-order valence-electron chi connectivity index (χ3n) is 4.47. The van der Waals surface area contributed by atoms with E-state index in [9.17, 15) is 0 Å². The van der Waals surface area contributed by atoms with E-state index in [-0.39, 0.29) is 0 Å². The molecular weight excluding hydrogens is 202 g/mol. The van der Waals surface area contributed by atoms with Gasteiger partial charge in [0.1, 0.15) is 0 Å². The van der Waals surface area contributed by atoms with Gasteiger partial charge < -0.3 is 9.84 Å². The van der Waals surface area contributed by atoms with Crippen LogP contribution in [0.2, 0.25) is 0 Å². The first-order chi connectivity index (χ1) is 7.92. The number of nitrogens with one attached hydrogen (secondary N) is 1. The van der Waals surface area contributed by atoms with Gasteiger partial charge in [-0.15, -0.1) is 0 Å². The summed E-state index contributed by atoms with van der Waals surface area (Å²) in [5.41, 5.74) is 0. The molecule has 86 valence electrons. The van der Waals surface area contributed by atoms with Crippen LogP contribution in [0.5, 0.6) is 0 Å². The van der Waals surface area contributed by atoms with Crippen LogP contribution >= 0.6 is 0 Å². The fourth-order valence-corrected chi connectivity index (χ4v) is 3.20. The topological polar surface area (TPSA) is 51.0 Å². The summed E-state index contributed by atoms with van der Waals surface area (Å²) in [4.78, 5) is 4.58. The fraction of sp³-hybridized carbons (Fsp3) is 0.833. The van der Waals surface area contributed by atoms with Crippen molar-refractivity contribution >= 4 is 0 Å². The van der Waals surface area contributed by atoms with Gasteiger partial charge in [0.2, 0.25) is 5.89 Å². The number of rotatable bonds is 2. The molecule has 1 N–H and O–H groups in total. The highest BCUT2D eigenvalue weighted by molar-refractivity contribution is 5.11. The van der Waals surface area contributed by atoms with Crippen molar-refractivity contribution in [3.05, 3.63) is 11.7 Å². The van der Waals surface area contributed by atoms with Crippen LogP contribution in [0.4, 0.5) is 0 Å². The van der Waals surface area contributed by atoms with E-state index in [0.717, 1.165) is 30.1 Å². The predicted molar refractivity (Wildman–Crippen MR) is 58.1 cm³/mol. The lowest BCUT2D eigenvalue weighted by Gasteiger charge is -2.46. The maximum Gasteiger partial charge on any atom is 0.229 e. The van der Waals surface area contributed by atoms with E-state index < -0.39 is 0 Å². The Morgan fingerprint density at radius 2 is 2.19 bits per heavy atom. The SMILES string of the molecule is C1C[C@H]2C[C@H](c3noc(C4CC4)n3)[C@H]2CN1. The zero-order valence-electron chi connectivity index (χ0n) is 9.35. The second-order valence-electron chi connectivity index (χ2n) is 5.52. The molecule has 1 aromatic heterocycles. The van der Waals surface area contributed by atoms with Crippen LogP contribution in [0.1, 0.15) is 49.2 Å².